The number of hydrogen-bond donors (Lipinski definition) is 2. The van der Waals surface area contributed by atoms with E-state index in [2.05, 4.69) is 9.97 Å². The van der Waals surface area contributed by atoms with Crippen LogP contribution < -0.4 is 16.4 Å². The Kier molecular flexibility index (Phi) is 6.27. The van der Waals surface area contributed by atoms with Crippen molar-refractivity contribution in [2.24, 2.45) is 5.73 Å². The molecule has 160 valence electrons. The minimum atomic E-state index is -0.977. The number of aromatic nitrogens is 2. The second-order valence-corrected chi connectivity index (χ2v) is 8.61. The summed E-state index contributed by atoms with van der Waals surface area (Å²) in [5, 5.41) is 0. The number of hydrogen-bond acceptors (Lipinski definition) is 6. The molecule has 2 aromatic rings. The number of ketones is 1. The van der Waals surface area contributed by atoms with Crippen molar-refractivity contribution in [1.29, 1.82) is 0 Å². The number of Topliss-reactive ketones (excluding diaryl/α,β-unsaturated/α-hetero) is 1. The maximum absolute atomic E-state index is 14.1. The Morgan fingerprint density at radius 2 is 1.97 bits per heavy atom. The fraction of sp³-hybridized carbons (Fsp3) is 0.522. The highest BCUT2D eigenvalue weighted by Crippen LogP contribution is 2.32. The van der Waals surface area contributed by atoms with Crippen molar-refractivity contribution in [2.45, 2.75) is 63.1 Å². The Bertz CT molecular complexity index is 889. The van der Waals surface area contributed by atoms with Crippen LogP contribution in [0.4, 0.5) is 15.8 Å². The highest BCUT2D eigenvalue weighted by molar-refractivity contribution is 6.00. The first-order valence-electron chi connectivity index (χ1n) is 10.9. The number of halogens is 1. The Morgan fingerprint density at radius 1 is 1.17 bits per heavy atom. The van der Waals surface area contributed by atoms with Gasteiger partial charge in [-0.25, -0.2) is 9.37 Å². The van der Waals surface area contributed by atoms with Gasteiger partial charge in [0.2, 0.25) is 0 Å². The van der Waals surface area contributed by atoms with E-state index in [-0.39, 0.29) is 24.8 Å². The minimum absolute atomic E-state index is 0.122. The maximum Gasteiger partial charge on any atom is 0.187 e. The van der Waals surface area contributed by atoms with Gasteiger partial charge in [-0.05, 0) is 37.5 Å². The Morgan fingerprint density at radius 3 is 2.73 bits per heavy atom. The highest BCUT2D eigenvalue weighted by Gasteiger charge is 2.27. The van der Waals surface area contributed by atoms with E-state index in [1.165, 1.54) is 19.3 Å². The minimum Gasteiger partial charge on any atom is -0.397 e. The molecule has 2 fully saturated rings. The summed E-state index contributed by atoms with van der Waals surface area (Å²) < 4.78 is 14.1. The van der Waals surface area contributed by atoms with E-state index in [4.69, 9.17) is 11.5 Å². The van der Waals surface area contributed by atoms with Crippen LogP contribution in [0.1, 0.15) is 66.2 Å². The van der Waals surface area contributed by atoms with Crippen molar-refractivity contribution in [1.82, 2.24) is 9.97 Å². The van der Waals surface area contributed by atoms with E-state index in [1.54, 1.807) is 18.5 Å². The maximum atomic E-state index is 14.1. The predicted molar refractivity (Wildman–Crippen MR) is 116 cm³/mol. The number of alkyl halides is 1. The zero-order valence-corrected chi connectivity index (χ0v) is 17.3. The van der Waals surface area contributed by atoms with Gasteiger partial charge in [-0.1, -0.05) is 19.3 Å². The molecule has 1 saturated carbocycles. The molecule has 1 aliphatic heterocycles. The molecule has 0 aromatic carbocycles. The van der Waals surface area contributed by atoms with Crippen LogP contribution in [0.2, 0.25) is 0 Å². The molecule has 0 unspecified atom stereocenters. The van der Waals surface area contributed by atoms with Gasteiger partial charge in [0.1, 0.15) is 11.9 Å². The van der Waals surface area contributed by atoms with Crippen molar-refractivity contribution < 1.29 is 9.18 Å². The molecule has 4 N–H and O–H groups in total. The van der Waals surface area contributed by atoms with Crippen molar-refractivity contribution in [3.63, 3.8) is 0 Å². The summed E-state index contributed by atoms with van der Waals surface area (Å²) in [5.74, 6) is 0.258. The average molecular weight is 412 g/mol. The van der Waals surface area contributed by atoms with E-state index >= 15 is 0 Å². The molecule has 0 amide bonds. The van der Waals surface area contributed by atoms with Crippen molar-refractivity contribution in [3.8, 4) is 0 Å². The lowest BCUT2D eigenvalue weighted by atomic mass is 9.86. The Labute approximate surface area is 176 Å². The second kappa shape index (κ2) is 9.08. The summed E-state index contributed by atoms with van der Waals surface area (Å²) in [6.07, 6.45) is 8.72. The first-order valence-corrected chi connectivity index (χ1v) is 10.9. The molecular weight excluding hydrogens is 381 g/mol. The number of nitrogen functional groups attached to an aromatic ring is 1. The van der Waals surface area contributed by atoms with Gasteiger partial charge in [-0.3, -0.25) is 9.78 Å². The van der Waals surface area contributed by atoms with Gasteiger partial charge in [0.05, 0.1) is 5.69 Å². The van der Waals surface area contributed by atoms with E-state index in [0.717, 1.165) is 29.8 Å². The summed E-state index contributed by atoms with van der Waals surface area (Å²) in [6, 6.07) is 5.34. The second-order valence-electron chi connectivity index (χ2n) is 8.61. The molecule has 30 heavy (non-hydrogen) atoms. The fourth-order valence-electron chi connectivity index (χ4n) is 4.73. The first kappa shape index (κ1) is 20.7. The molecule has 0 radical (unpaired) electrons. The van der Waals surface area contributed by atoms with Gasteiger partial charge in [-0.2, -0.15) is 0 Å². The predicted octanol–water partition coefficient (Wildman–Crippen LogP) is 3.41. The quantitative estimate of drug-likeness (QED) is 0.732. The monoisotopic (exact) mass is 411 g/mol. The molecule has 6 nitrogen and oxygen atoms in total. The molecule has 2 atom stereocenters. The van der Waals surface area contributed by atoms with Crippen LogP contribution >= 0.6 is 0 Å². The van der Waals surface area contributed by atoms with E-state index in [0.29, 0.717) is 30.3 Å². The van der Waals surface area contributed by atoms with Crippen molar-refractivity contribution >= 4 is 17.2 Å². The van der Waals surface area contributed by atoms with Gasteiger partial charge >= 0.3 is 0 Å². The molecule has 1 aliphatic carbocycles. The molecule has 2 aliphatic rings. The van der Waals surface area contributed by atoms with Gasteiger partial charge in [0.15, 0.2) is 5.78 Å². The number of pyridine rings is 2. The lowest BCUT2D eigenvalue weighted by Gasteiger charge is -2.35. The molecule has 2 aromatic heterocycles. The van der Waals surface area contributed by atoms with Gasteiger partial charge in [0.25, 0.3) is 0 Å². The third-order valence-electron chi connectivity index (χ3n) is 6.24. The highest BCUT2D eigenvalue weighted by atomic mass is 19.1. The van der Waals surface area contributed by atoms with Gasteiger partial charge in [0, 0.05) is 60.8 Å². The van der Waals surface area contributed by atoms with E-state index in [1.807, 2.05) is 17.0 Å². The number of carbonyl (C=O) groups excluding carboxylic acids is 1. The molecular formula is C23H30FN5O. The van der Waals surface area contributed by atoms with Crippen molar-refractivity contribution in [3.05, 3.63) is 47.5 Å². The summed E-state index contributed by atoms with van der Waals surface area (Å²) in [6.45, 7) is 0.833. The summed E-state index contributed by atoms with van der Waals surface area (Å²) in [4.78, 5) is 23.9. The lowest BCUT2D eigenvalue weighted by Crippen LogP contribution is -2.48. The normalized spacial score (nSPS) is 22.8. The van der Waals surface area contributed by atoms with Crippen LogP contribution in [-0.4, -0.2) is 41.1 Å². The molecule has 1 saturated heterocycles. The Hall–Kier alpha value is -2.54. The topological polar surface area (TPSA) is 98.1 Å². The van der Waals surface area contributed by atoms with Crippen LogP contribution in [0.15, 0.2) is 30.6 Å². The van der Waals surface area contributed by atoms with E-state index in [9.17, 15) is 9.18 Å². The third kappa shape index (κ3) is 4.61. The Balaban J connectivity index is 1.56. The zero-order chi connectivity index (χ0) is 21.1. The molecule has 0 spiro atoms. The van der Waals surface area contributed by atoms with Crippen LogP contribution in [0.5, 0.6) is 0 Å². The fourth-order valence-corrected chi connectivity index (χ4v) is 4.73. The number of nitrogens with zero attached hydrogens (tertiary/aromatic N) is 3. The van der Waals surface area contributed by atoms with E-state index < -0.39 is 6.17 Å². The number of nitrogens with two attached hydrogens (primary N) is 2. The average Bonchev–Trinajstić information content (AvgIpc) is 2.74. The molecule has 3 heterocycles. The van der Waals surface area contributed by atoms with Gasteiger partial charge < -0.3 is 16.4 Å². The zero-order valence-electron chi connectivity index (χ0n) is 17.3. The van der Waals surface area contributed by atoms with Crippen LogP contribution in [0, 0.1) is 0 Å². The van der Waals surface area contributed by atoms with Gasteiger partial charge in [-0.15, -0.1) is 0 Å². The van der Waals surface area contributed by atoms with Crippen LogP contribution in [0.25, 0.3) is 0 Å². The lowest BCUT2D eigenvalue weighted by molar-refractivity contribution is 0.0988. The summed E-state index contributed by atoms with van der Waals surface area (Å²) in [5.41, 5.74) is 15.4. The molecule has 4 rings (SSSR count). The standard InChI is InChI=1S/C23H30FN5O/c24-17-11-18(25)14-29(13-17)21-8-9-27-12-16(21)10-22(30)23-19(26)6-7-20(28-23)15-4-2-1-3-5-15/h6-9,12,15,17-18H,1-5,10-11,13-14,25-26H2/t17-,18+/m1/s1. The largest absolute Gasteiger partial charge is 0.397 e. The molecule has 7 heteroatoms. The van der Waals surface area contributed by atoms with Crippen LogP contribution in [-0.2, 0) is 6.42 Å². The summed E-state index contributed by atoms with van der Waals surface area (Å²) >= 11 is 0. The number of rotatable bonds is 5. The number of piperidine rings is 1. The smallest absolute Gasteiger partial charge is 0.187 e. The number of anilines is 2. The van der Waals surface area contributed by atoms with Crippen molar-refractivity contribution in [2.75, 3.05) is 23.7 Å². The molecule has 0 bridgehead atoms. The number of carbonyl (C=O) groups is 1. The summed E-state index contributed by atoms with van der Waals surface area (Å²) in [7, 11) is 0. The third-order valence-corrected chi connectivity index (χ3v) is 6.24. The van der Waals surface area contributed by atoms with Crippen LogP contribution in [0.3, 0.4) is 0 Å². The SMILES string of the molecule is Nc1ccc(C2CCCCC2)nc1C(=O)Cc1cnccc1N1C[C@@H](N)C[C@@H](F)C1. The first-order chi connectivity index (χ1) is 14.5.